The number of carbonyl (C=O) groups is 1. The molecule has 0 unspecified atom stereocenters. The Morgan fingerprint density at radius 2 is 2.06 bits per heavy atom. The molecule has 0 aliphatic heterocycles. The van der Waals surface area contributed by atoms with E-state index in [9.17, 15) is 4.79 Å². The Labute approximate surface area is 96.8 Å². The topological polar surface area (TPSA) is 39.4 Å². The SMILES string of the molecule is CC(C)c1ccoc1COC(=O)C(C)(C)C. The predicted molar refractivity (Wildman–Crippen MR) is 62.0 cm³/mol. The van der Waals surface area contributed by atoms with E-state index < -0.39 is 5.41 Å². The van der Waals surface area contributed by atoms with Crippen molar-refractivity contribution in [2.45, 2.75) is 47.1 Å². The molecule has 0 aliphatic carbocycles. The zero-order chi connectivity index (χ0) is 12.3. The molecule has 16 heavy (non-hydrogen) atoms. The van der Waals surface area contributed by atoms with Crippen LogP contribution in [0.4, 0.5) is 0 Å². The van der Waals surface area contributed by atoms with E-state index in [0.29, 0.717) is 5.92 Å². The van der Waals surface area contributed by atoms with E-state index in [1.54, 1.807) is 6.26 Å². The van der Waals surface area contributed by atoms with Gasteiger partial charge in [-0.3, -0.25) is 4.79 Å². The van der Waals surface area contributed by atoms with Gasteiger partial charge < -0.3 is 9.15 Å². The highest BCUT2D eigenvalue weighted by atomic mass is 16.5. The second kappa shape index (κ2) is 4.73. The van der Waals surface area contributed by atoms with Crippen LogP contribution in [-0.2, 0) is 16.1 Å². The summed E-state index contributed by atoms with van der Waals surface area (Å²) in [4.78, 5) is 11.6. The third-order valence-electron chi connectivity index (χ3n) is 2.35. The second-order valence-electron chi connectivity index (χ2n) is 5.28. The molecular formula is C13H20O3. The molecule has 0 saturated heterocycles. The van der Waals surface area contributed by atoms with Gasteiger partial charge in [-0.1, -0.05) is 13.8 Å². The van der Waals surface area contributed by atoms with Crippen LogP contribution in [0.15, 0.2) is 16.7 Å². The van der Waals surface area contributed by atoms with Gasteiger partial charge in [0.2, 0.25) is 0 Å². The van der Waals surface area contributed by atoms with Gasteiger partial charge in [-0.25, -0.2) is 0 Å². The molecule has 90 valence electrons. The highest BCUT2D eigenvalue weighted by Crippen LogP contribution is 2.22. The summed E-state index contributed by atoms with van der Waals surface area (Å²) in [5.41, 5.74) is 0.631. The van der Waals surface area contributed by atoms with Crippen LogP contribution >= 0.6 is 0 Å². The molecule has 0 aliphatic rings. The quantitative estimate of drug-likeness (QED) is 0.738. The molecule has 0 spiro atoms. The third-order valence-corrected chi connectivity index (χ3v) is 2.35. The predicted octanol–water partition coefficient (Wildman–Crippen LogP) is 3.49. The lowest BCUT2D eigenvalue weighted by Crippen LogP contribution is -2.22. The van der Waals surface area contributed by atoms with E-state index in [1.165, 1.54) is 0 Å². The summed E-state index contributed by atoms with van der Waals surface area (Å²) in [5.74, 6) is 0.910. The van der Waals surface area contributed by atoms with Crippen molar-refractivity contribution in [2.24, 2.45) is 5.41 Å². The smallest absolute Gasteiger partial charge is 0.311 e. The minimum atomic E-state index is -0.468. The fourth-order valence-corrected chi connectivity index (χ4v) is 1.33. The highest BCUT2D eigenvalue weighted by molar-refractivity contribution is 5.75. The first kappa shape index (κ1) is 12.8. The van der Waals surface area contributed by atoms with E-state index in [1.807, 2.05) is 26.8 Å². The van der Waals surface area contributed by atoms with Crippen molar-refractivity contribution >= 4 is 5.97 Å². The molecule has 0 saturated carbocycles. The molecule has 1 heterocycles. The summed E-state index contributed by atoms with van der Waals surface area (Å²) in [6.45, 7) is 9.89. The standard InChI is InChI=1S/C13H20O3/c1-9(2)10-6-7-15-11(10)8-16-12(14)13(3,4)5/h6-7,9H,8H2,1-5H3. The lowest BCUT2D eigenvalue weighted by molar-refractivity contribution is -0.154. The van der Waals surface area contributed by atoms with Crippen LogP contribution in [0.2, 0.25) is 0 Å². The second-order valence-corrected chi connectivity index (χ2v) is 5.28. The van der Waals surface area contributed by atoms with Crippen LogP contribution in [0.1, 0.15) is 51.9 Å². The fourth-order valence-electron chi connectivity index (χ4n) is 1.33. The van der Waals surface area contributed by atoms with Gasteiger partial charge in [-0.2, -0.15) is 0 Å². The van der Waals surface area contributed by atoms with Crippen LogP contribution in [-0.4, -0.2) is 5.97 Å². The van der Waals surface area contributed by atoms with Gasteiger partial charge in [-0.15, -0.1) is 0 Å². The molecule has 3 heteroatoms. The Hall–Kier alpha value is -1.25. The van der Waals surface area contributed by atoms with Gasteiger partial charge in [-0.05, 0) is 38.3 Å². The molecule has 1 aromatic rings. The van der Waals surface area contributed by atoms with Crippen molar-refractivity contribution in [1.82, 2.24) is 0 Å². The average Bonchev–Trinajstić information content (AvgIpc) is 2.60. The number of hydrogen-bond acceptors (Lipinski definition) is 3. The Bertz CT molecular complexity index is 355. The maximum absolute atomic E-state index is 11.6. The van der Waals surface area contributed by atoms with E-state index in [2.05, 4.69) is 13.8 Å². The zero-order valence-electron chi connectivity index (χ0n) is 10.7. The lowest BCUT2D eigenvalue weighted by Gasteiger charge is -2.16. The summed E-state index contributed by atoms with van der Waals surface area (Å²) in [7, 11) is 0. The van der Waals surface area contributed by atoms with Crippen molar-refractivity contribution in [3.8, 4) is 0 Å². The van der Waals surface area contributed by atoms with E-state index in [0.717, 1.165) is 11.3 Å². The minimum Gasteiger partial charge on any atom is -0.465 e. The number of ether oxygens (including phenoxy) is 1. The van der Waals surface area contributed by atoms with Crippen LogP contribution in [0.25, 0.3) is 0 Å². The van der Waals surface area contributed by atoms with Gasteiger partial charge in [0.15, 0.2) is 0 Å². The van der Waals surface area contributed by atoms with Crippen LogP contribution in [0, 0.1) is 5.41 Å². The molecule has 0 fully saturated rings. The average molecular weight is 224 g/mol. The van der Waals surface area contributed by atoms with Gasteiger partial charge in [0.05, 0.1) is 11.7 Å². The summed E-state index contributed by atoms with van der Waals surface area (Å²) in [6, 6.07) is 1.92. The number of furan rings is 1. The van der Waals surface area contributed by atoms with Crippen molar-refractivity contribution in [3.63, 3.8) is 0 Å². The Kier molecular flexibility index (Phi) is 3.79. The molecular weight excluding hydrogens is 204 g/mol. The maximum atomic E-state index is 11.6. The van der Waals surface area contributed by atoms with E-state index >= 15 is 0 Å². The first-order chi connectivity index (χ1) is 7.32. The van der Waals surface area contributed by atoms with Crippen molar-refractivity contribution in [2.75, 3.05) is 0 Å². The van der Waals surface area contributed by atoms with Crippen LogP contribution < -0.4 is 0 Å². The number of esters is 1. The molecule has 0 aromatic carbocycles. The molecule has 1 rings (SSSR count). The fraction of sp³-hybridized carbons (Fsp3) is 0.615. The highest BCUT2D eigenvalue weighted by Gasteiger charge is 2.23. The molecule has 1 aromatic heterocycles. The third kappa shape index (κ3) is 3.12. The first-order valence-electron chi connectivity index (χ1n) is 5.56. The maximum Gasteiger partial charge on any atom is 0.311 e. The zero-order valence-corrected chi connectivity index (χ0v) is 10.7. The molecule has 0 N–H and O–H groups in total. The van der Waals surface area contributed by atoms with Gasteiger partial charge in [0.1, 0.15) is 12.4 Å². The van der Waals surface area contributed by atoms with Crippen molar-refractivity contribution < 1.29 is 13.9 Å². The molecule has 0 radical (unpaired) electrons. The number of rotatable bonds is 3. The van der Waals surface area contributed by atoms with Crippen LogP contribution in [0.3, 0.4) is 0 Å². The minimum absolute atomic E-state index is 0.210. The van der Waals surface area contributed by atoms with Crippen LogP contribution in [0.5, 0.6) is 0 Å². The summed E-state index contributed by atoms with van der Waals surface area (Å²) < 4.78 is 10.5. The Morgan fingerprint density at radius 3 is 2.56 bits per heavy atom. The van der Waals surface area contributed by atoms with Gasteiger partial charge >= 0.3 is 5.97 Å². The number of hydrogen-bond donors (Lipinski definition) is 0. The van der Waals surface area contributed by atoms with E-state index in [-0.39, 0.29) is 12.6 Å². The summed E-state index contributed by atoms with van der Waals surface area (Å²) >= 11 is 0. The largest absolute Gasteiger partial charge is 0.465 e. The lowest BCUT2D eigenvalue weighted by atomic mass is 9.97. The van der Waals surface area contributed by atoms with Gasteiger partial charge in [0, 0.05) is 0 Å². The first-order valence-corrected chi connectivity index (χ1v) is 5.56. The Balaban J connectivity index is 2.62. The Morgan fingerprint density at radius 1 is 1.44 bits per heavy atom. The monoisotopic (exact) mass is 224 g/mol. The van der Waals surface area contributed by atoms with Crippen molar-refractivity contribution in [1.29, 1.82) is 0 Å². The molecule has 3 nitrogen and oxygen atoms in total. The summed E-state index contributed by atoms with van der Waals surface area (Å²) in [5, 5.41) is 0. The molecule has 0 bridgehead atoms. The normalized spacial score (nSPS) is 11.9. The van der Waals surface area contributed by atoms with Crippen molar-refractivity contribution in [3.05, 3.63) is 23.7 Å². The molecule has 0 amide bonds. The summed E-state index contributed by atoms with van der Waals surface area (Å²) in [6.07, 6.45) is 1.63. The molecule has 0 atom stereocenters. The number of carbonyl (C=O) groups excluding carboxylic acids is 1. The van der Waals surface area contributed by atoms with E-state index in [4.69, 9.17) is 9.15 Å². The van der Waals surface area contributed by atoms with Gasteiger partial charge in [0.25, 0.3) is 0 Å².